The number of hydrogen-bond acceptors (Lipinski definition) is 3. The molecule has 1 fully saturated rings. The van der Waals surface area contributed by atoms with Gasteiger partial charge in [-0.2, -0.15) is 0 Å². The molecule has 27 heavy (non-hydrogen) atoms. The van der Waals surface area contributed by atoms with Gasteiger partial charge in [0.25, 0.3) is 0 Å². The largest absolute Gasteiger partial charge is 0.490 e. The van der Waals surface area contributed by atoms with Crippen molar-refractivity contribution in [2.75, 3.05) is 13.1 Å². The molecule has 0 N–H and O–H groups in total. The minimum atomic E-state index is -0.455. The van der Waals surface area contributed by atoms with Crippen molar-refractivity contribution in [3.05, 3.63) is 54.1 Å². The highest BCUT2D eigenvalue weighted by Gasteiger charge is 2.27. The molecule has 1 saturated heterocycles. The molecule has 0 spiro atoms. The molecule has 4 nitrogen and oxygen atoms in total. The molecule has 2 aromatic carbocycles. The van der Waals surface area contributed by atoms with Gasteiger partial charge in [-0.05, 0) is 51.0 Å². The lowest BCUT2D eigenvalue weighted by atomic mass is 10.0. The van der Waals surface area contributed by atoms with Crippen molar-refractivity contribution in [1.29, 1.82) is 0 Å². The monoisotopic (exact) mass is 367 g/mol. The number of benzene rings is 2. The van der Waals surface area contributed by atoms with Crippen molar-refractivity contribution in [3.63, 3.8) is 0 Å². The Morgan fingerprint density at radius 3 is 2.26 bits per heavy atom. The molecule has 0 aliphatic carbocycles. The van der Waals surface area contributed by atoms with Gasteiger partial charge in [-0.25, -0.2) is 4.79 Å². The molecule has 1 amide bonds. The van der Waals surface area contributed by atoms with E-state index in [-0.39, 0.29) is 12.2 Å². The number of amides is 1. The van der Waals surface area contributed by atoms with Crippen molar-refractivity contribution >= 4 is 6.09 Å². The summed E-state index contributed by atoms with van der Waals surface area (Å²) in [6.07, 6.45) is 1.54. The van der Waals surface area contributed by atoms with E-state index >= 15 is 0 Å². The van der Waals surface area contributed by atoms with E-state index in [0.717, 1.165) is 18.6 Å². The van der Waals surface area contributed by atoms with Crippen LogP contribution in [0.1, 0.15) is 39.2 Å². The van der Waals surface area contributed by atoms with Crippen molar-refractivity contribution in [2.45, 2.75) is 52.2 Å². The van der Waals surface area contributed by atoms with Gasteiger partial charge < -0.3 is 14.4 Å². The number of likely N-dealkylation sites (tertiary alicyclic amines) is 1. The van der Waals surface area contributed by atoms with Crippen LogP contribution in [-0.4, -0.2) is 35.8 Å². The Hall–Kier alpha value is -2.49. The average molecular weight is 367 g/mol. The molecule has 2 aromatic rings. The quantitative estimate of drug-likeness (QED) is 0.725. The molecule has 4 heteroatoms. The number of rotatable bonds is 3. The Bertz CT molecular complexity index is 769. The fourth-order valence-electron chi connectivity index (χ4n) is 3.23. The zero-order chi connectivity index (χ0) is 19.4. The summed E-state index contributed by atoms with van der Waals surface area (Å²) in [5.41, 5.74) is 3.20. The molecule has 0 radical (unpaired) electrons. The number of ether oxygens (including phenoxy) is 2. The number of carbonyl (C=O) groups is 1. The first-order chi connectivity index (χ1) is 12.8. The minimum absolute atomic E-state index is 0.133. The predicted molar refractivity (Wildman–Crippen MR) is 108 cm³/mol. The molecule has 144 valence electrons. The van der Waals surface area contributed by atoms with Gasteiger partial charge in [-0.15, -0.1) is 0 Å². The number of aryl methyl sites for hydroxylation is 1. The third kappa shape index (κ3) is 5.49. The maximum absolute atomic E-state index is 12.1. The highest BCUT2D eigenvalue weighted by atomic mass is 16.6. The van der Waals surface area contributed by atoms with E-state index in [4.69, 9.17) is 9.47 Å². The summed E-state index contributed by atoms with van der Waals surface area (Å²) < 4.78 is 11.6. The normalized spacial score (nSPS) is 15.5. The zero-order valence-electron chi connectivity index (χ0n) is 16.7. The van der Waals surface area contributed by atoms with Gasteiger partial charge in [0.1, 0.15) is 17.5 Å². The second-order valence-corrected chi connectivity index (χ2v) is 8.18. The average Bonchev–Trinajstić information content (AvgIpc) is 2.61. The summed E-state index contributed by atoms with van der Waals surface area (Å²) in [6.45, 7) is 9.11. The lowest BCUT2D eigenvalue weighted by Crippen LogP contribution is -2.44. The number of nitrogens with zero attached hydrogens (tertiary/aromatic N) is 1. The molecule has 3 rings (SSSR count). The second-order valence-electron chi connectivity index (χ2n) is 8.18. The summed E-state index contributed by atoms with van der Waals surface area (Å²) in [7, 11) is 0. The van der Waals surface area contributed by atoms with Crippen LogP contribution >= 0.6 is 0 Å². The van der Waals surface area contributed by atoms with E-state index in [1.807, 2.05) is 32.9 Å². The van der Waals surface area contributed by atoms with E-state index in [2.05, 4.69) is 43.3 Å². The SMILES string of the molecule is Cc1cccc(-c2ccc(OC3CCN(C(=O)OC(C)(C)C)CC3)cc2)c1. The lowest BCUT2D eigenvalue weighted by molar-refractivity contribution is 0.0126. The van der Waals surface area contributed by atoms with Crippen LogP contribution in [0.5, 0.6) is 5.75 Å². The number of carbonyl (C=O) groups excluding carboxylic acids is 1. The topological polar surface area (TPSA) is 38.8 Å². The third-order valence-electron chi connectivity index (χ3n) is 4.60. The number of piperidine rings is 1. The maximum Gasteiger partial charge on any atom is 0.410 e. The van der Waals surface area contributed by atoms with Crippen LogP contribution in [0.15, 0.2) is 48.5 Å². The van der Waals surface area contributed by atoms with Crippen LogP contribution in [0.4, 0.5) is 4.79 Å². The highest BCUT2D eigenvalue weighted by Crippen LogP contribution is 2.25. The van der Waals surface area contributed by atoms with Gasteiger partial charge in [0.05, 0.1) is 0 Å². The molecule has 0 bridgehead atoms. The van der Waals surface area contributed by atoms with Gasteiger partial charge in [0.2, 0.25) is 0 Å². The van der Waals surface area contributed by atoms with Crippen molar-refractivity contribution in [2.24, 2.45) is 0 Å². The summed E-state index contributed by atoms with van der Waals surface area (Å²) in [4.78, 5) is 13.9. The highest BCUT2D eigenvalue weighted by molar-refractivity contribution is 5.68. The van der Waals surface area contributed by atoms with E-state index < -0.39 is 5.60 Å². The fraction of sp³-hybridized carbons (Fsp3) is 0.435. The Balaban J connectivity index is 1.53. The van der Waals surface area contributed by atoms with Crippen LogP contribution in [-0.2, 0) is 4.74 Å². The lowest BCUT2D eigenvalue weighted by Gasteiger charge is -2.33. The smallest absolute Gasteiger partial charge is 0.410 e. The molecule has 0 saturated carbocycles. The Kier molecular flexibility index (Phi) is 5.73. The van der Waals surface area contributed by atoms with E-state index in [1.54, 1.807) is 4.90 Å². The first-order valence-electron chi connectivity index (χ1n) is 9.62. The van der Waals surface area contributed by atoms with Gasteiger partial charge in [0, 0.05) is 25.9 Å². The van der Waals surface area contributed by atoms with Gasteiger partial charge in [-0.3, -0.25) is 0 Å². The number of hydrogen-bond donors (Lipinski definition) is 0. The molecule has 0 aromatic heterocycles. The Morgan fingerprint density at radius 1 is 1.00 bits per heavy atom. The summed E-state index contributed by atoms with van der Waals surface area (Å²) in [5.74, 6) is 0.877. The van der Waals surface area contributed by atoms with Crippen LogP contribution in [0.25, 0.3) is 11.1 Å². The van der Waals surface area contributed by atoms with Crippen LogP contribution in [0.3, 0.4) is 0 Å². The third-order valence-corrected chi connectivity index (χ3v) is 4.60. The van der Waals surface area contributed by atoms with Gasteiger partial charge >= 0.3 is 6.09 Å². The summed E-state index contributed by atoms with van der Waals surface area (Å²) >= 11 is 0. The van der Waals surface area contributed by atoms with Gasteiger partial charge in [-0.1, -0.05) is 42.0 Å². The van der Waals surface area contributed by atoms with Crippen LogP contribution in [0.2, 0.25) is 0 Å². The second kappa shape index (κ2) is 8.03. The van der Waals surface area contributed by atoms with Crippen molar-refractivity contribution in [3.8, 4) is 16.9 Å². The first-order valence-corrected chi connectivity index (χ1v) is 9.62. The molecule has 1 aliphatic heterocycles. The standard InChI is InChI=1S/C23H29NO3/c1-17-6-5-7-19(16-17)18-8-10-20(11-9-18)26-21-12-14-24(15-13-21)22(25)27-23(2,3)4/h5-11,16,21H,12-15H2,1-4H3. The van der Waals surface area contributed by atoms with E-state index in [9.17, 15) is 4.79 Å². The van der Waals surface area contributed by atoms with Crippen LogP contribution < -0.4 is 4.74 Å². The molecule has 1 heterocycles. The minimum Gasteiger partial charge on any atom is -0.490 e. The Labute approximate surface area is 162 Å². The maximum atomic E-state index is 12.1. The predicted octanol–water partition coefficient (Wildman–Crippen LogP) is 5.44. The van der Waals surface area contributed by atoms with E-state index in [0.29, 0.717) is 13.1 Å². The fourth-order valence-corrected chi connectivity index (χ4v) is 3.23. The molecule has 1 aliphatic rings. The van der Waals surface area contributed by atoms with Crippen molar-refractivity contribution in [1.82, 2.24) is 4.90 Å². The van der Waals surface area contributed by atoms with E-state index in [1.165, 1.54) is 16.7 Å². The first kappa shape index (κ1) is 19.3. The molecule has 0 unspecified atom stereocenters. The summed E-state index contributed by atoms with van der Waals surface area (Å²) in [6, 6.07) is 16.7. The molecular formula is C23H29NO3. The van der Waals surface area contributed by atoms with Gasteiger partial charge in [0.15, 0.2) is 0 Å². The molecular weight excluding hydrogens is 338 g/mol. The molecule has 0 atom stereocenters. The van der Waals surface area contributed by atoms with Crippen molar-refractivity contribution < 1.29 is 14.3 Å². The Morgan fingerprint density at radius 2 is 1.67 bits per heavy atom. The summed E-state index contributed by atoms with van der Waals surface area (Å²) in [5, 5.41) is 0. The zero-order valence-corrected chi connectivity index (χ0v) is 16.7. The van der Waals surface area contributed by atoms with Crippen LogP contribution in [0, 0.1) is 6.92 Å².